The molecule has 0 aliphatic heterocycles. The lowest BCUT2D eigenvalue weighted by molar-refractivity contribution is -0.156. The molecule has 1 saturated carbocycles. The first kappa shape index (κ1) is 13.1. The molecular weight excluding hydrogens is 226 g/mol. The molecule has 0 spiro atoms. The number of likely N-dealkylation sites (N-methyl/N-ethyl adjacent to an activating group) is 1. The lowest BCUT2D eigenvalue weighted by Crippen LogP contribution is -2.47. The van der Waals surface area contributed by atoms with Crippen LogP contribution in [0, 0.1) is 5.41 Å². The molecular formula is C15H21NO2. The van der Waals surface area contributed by atoms with E-state index in [0.29, 0.717) is 6.54 Å². The molecule has 18 heavy (non-hydrogen) atoms. The summed E-state index contributed by atoms with van der Waals surface area (Å²) in [5, 5.41) is 9.29. The van der Waals surface area contributed by atoms with Crippen LogP contribution < -0.4 is 0 Å². The van der Waals surface area contributed by atoms with Crippen molar-refractivity contribution in [3.63, 3.8) is 0 Å². The van der Waals surface area contributed by atoms with Gasteiger partial charge in [0.15, 0.2) is 0 Å². The summed E-state index contributed by atoms with van der Waals surface area (Å²) in [6.45, 7) is 1.59. The molecule has 1 aliphatic rings. The largest absolute Gasteiger partial charge is 0.481 e. The number of carboxylic acid groups (broad SMARTS) is 1. The summed E-state index contributed by atoms with van der Waals surface area (Å²) in [7, 11) is 2.02. The molecule has 1 aliphatic carbocycles. The van der Waals surface area contributed by atoms with Gasteiger partial charge in [0.25, 0.3) is 0 Å². The van der Waals surface area contributed by atoms with Crippen LogP contribution in [0.1, 0.15) is 24.8 Å². The molecule has 0 aromatic heterocycles. The fourth-order valence-electron chi connectivity index (χ4n) is 2.60. The van der Waals surface area contributed by atoms with Crippen molar-refractivity contribution in [1.29, 1.82) is 0 Å². The van der Waals surface area contributed by atoms with Crippen molar-refractivity contribution in [1.82, 2.24) is 4.90 Å². The minimum absolute atomic E-state index is 0.467. The number of carbonyl (C=O) groups is 1. The highest BCUT2D eigenvalue weighted by molar-refractivity contribution is 5.76. The summed E-state index contributed by atoms with van der Waals surface area (Å²) >= 11 is 0. The molecule has 3 heteroatoms. The van der Waals surface area contributed by atoms with E-state index in [1.165, 1.54) is 5.56 Å². The fourth-order valence-corrected chi connectivity index (χ4v) is 2.60. The third kappa shape index (κ3) is 2.91. The Labute approximate surface area is 108 Å². The molecule has 98 valence electrons. The number of carboxylic acids is 1. The van der Waals surface area contributed by atoms with Gasteiger partial charge in [-0.1, -0.05) is 36.8 Å². The van der Waals surface area contributed by atoms with Crippen molar-refractivity contribution >= 4 is 5.97 Å². The maximum atomic E-state index is 11.3. The van der Waals surface area contributed by atoms with Crippen molar-refractivity contribution in [2.45, 2.75) is 25.7 Å². The maximum Gasteiger partial charge on any atom is 0.310 e. The fraction of sp³-hybridized carbons (Fsp3) is 0.533. The van der Waals surface area contributed by atoms with Gasteiger partial charge in [0.05, 0.1) is 5.41 Å². The van der Waals surface area contributed by atoms with Crippen molar-refractivity contribution < 1.29 is 9.90 Å². The van der Waals surface area contributed by atoms with E-state index in [0.717, 1.165) is 32.2 Å². The zero-order chi connectivity index (χ0) is 13.0. The van der Waals surface area contributed by atoms with Gasteiger partial charge in [-0.15, -0.1) is 0 Å². The molecule has 0 amide bonds. The van der Waals surface area contributed by atoms with E-state index in [1.807, 2.05) is 25.2 Å². The van der Waals surface area contributed by atoms with Gasteiger partial charge in [-0.3, -0.25) is 4.79 Å². The van der Waals surface area contributed by atoms with E-state index in [4.69, 9.17) is 0 Å². The average Bonchev–Trinajstić information content (AvgIpc) is 2.32. The van der Waals surface area contributed by atoms with Crippen molar-refractivity contribution in [3.8, 4) is 0 Å². The van der Waals surface area contributed by atoms with Crippen LogP contribution in [0.2, 0.25) is 0 Å². The lowest BCUT2D eigenvalue weighted by Gasteiger charge is -2.40. The first-order valence-corrected chi connectivity index (χ1v) is 6.58. The topological polar surface area (TPSA) is 40.5 Å². The van der Waals surface area contributed by atoms with Gasteiger partial charge in [0.1, 0.15) is 0 Å². The van der Waals surface area contributed by atoms with E-state index >= 15 is 0 Å². The van der Waals surface area contributed by atoms with E-state index in [1.54, 1.807) is 0 Å². The monoisotopic (exact) mass is 247 g/mol. The van der Waals surface area contributed by atoms with Crippen molar-refractivity contribution in [2.75, 3.05) is 20.1 Å². The second kappa shape index (κ2) is 5.53. The Morgan fingerprint density at radius 2 is 2.00 bits per heavy atom. The minimum atomic E-state index is -0.625. The number of benzene rings is 1. The van der Waals surface area contributed by atoms with Crippen LogP contribution >= 0.6 is 0 Å². The Hall–Kier alpha value is -1.35. The first-order chi connectivity index (χ1) is 8.62. The Morgan fingerprint density at radius 3 is 2.50 bits per heavy atom. The summed E-state index contributed by atoms with van der Waals surface area (Å²) in [5.41, 5.74) is 0.841. The standard InChI is InChI=1S/C15H21NO2/c1-16(11-8-13-6-3-2-4-7-13)12-15(14(17)18)9-5-10-15/h2-4,6-7H,5,8-12H2,1H3,(H,17,18). The highest BCUT2D eigenvalue weighted by atomic mass is 16.4. The highest BCUT2D eigenvalue weighted by Gasteiger charge is 2.44. The van der Waals surface area contributed by atoms with Crippen LogP contribution in [0.4, 0.5) is 0 Å². The van der Waals surface area contributed by atoms with E-state index in [2.05, 4.69) is 17.0 Å². The van der Waals surface area contributed by atoms with Gasteiger partial charge in [0, 0.05) is 13.1 Å². The number of hydrogen-bond acceptors (Lipinski definition) is 2. The molecule has 1 aromatic carbocycles. The molecule has 0 saturated heterocycles. The maximum absolute atomic E-state index is 11.3. The van der Waals surface area contributed by atoms with Gasteiger partial charge in [-0.05, 0) is 31.9 Å². The van der Waals surface area contributed by atoms with Gasteiger partial charge in [-0.2, -0.15) is 0 Å². The number of rotatable bonds is 6. The van der Waals surface area contributed by atoms with Crippen LogP contribution in [0.5, 0.6) is 0 Å². The summed E-state index contributed by atoms with van der Waals surface area (Å²) in [6, 6.07) is 10.3. The summed E-state index contributed by atoms with van der Waals surface area (Å²) in [5.74, 6) is -0.625. The first-order valence-electron chi connectivity index (χ1n) is 6.58. The van der Waals surface area contributed by atoms with Crippen LogP contribution in [0.15, 0.2) is 30.3 Å². The van der Waals surface area contributed by atoms with Gasteiger partial charge in [0.2, 0.25) is 0 Å². The third-order valence-corrected chi connectivity index (χ3v) is 3.96. The van der Waals surface area contributed by atoms with Crippen LogP contribution in [0.3, 0.4) is 0 Å². The van der Waals surface area contributed by atoms with Crippen LogP contribution in [-0.4, -0.2) is 36.1 Å². The Balaban J connectivity index is 1.82. The molecule has 2 rings (SSSR count). The van der Waals surface area contributed by atoms with E-state index < -0.39 is 11.4 Å². The number of aliphatic carboxylic acids is 1. The molecule has 3 nitrogen and oxygen atoms in total. The molecule has 0 unspecified atom stereocenters. The van der Waals surface area contributed by atoms with Gasteiger partial charge < -0.3 is 10.0 Å². The predicted molar refractivity (Wildman–Crippen MR) is 71.6 cm³/mol. The van der Waals surface area contributed by atoms with Crippen LogP contribution in [0.25, 0.3) is 0 Å². The SMILES string of the molecule is CN(CCc1ccccc1)CC1(C(=O)O)CCC1. The van der Waals surface area contributed by atoms with Crippen LogP contribution in [-0.2, 0) is 11.2 Å². The second-order valence-electron chi connectivity index (χ2n) is 5.41. The number of hydrogen-bond donors (Lipinski definition) is 1. The highest BCUT2D eigenvalue weighted by Crippen LogP contribution is 2.41. The van der Waals surface area contributed by atoms with Gasteiger partial charge in [-0.25, -0.2) is 0 Å². The number of nitrogens with zero attached hydrogens (tertiary/aromatic N) is 1. The molecule has 1 N–H and O–H groups in total. The van der Waals surface area contributed by atoms with Gasteiger partial charge >= 0.3 is 5.97 Å². The Morgan fingerprint density at radius 1 is 1.33 bits per heavy atom. The molecule has 1 aromatic rings. The average molecular weight is 247 g/mol. The second-order valence-corrected chi connectivity index (χ2v) is 5.41. The quantitative estimate of drug-likeness (QED) is 0.839. The Bertz CT molecular complexity index is 398. The van der Waals surface area contributed by atoms with Crippen molar-refractivity contribution in [3.05, 3.63) is 35.9 Å². The minimum Gasteiger partial charge on any atom is -0.481 e. The summed E-state index contributed by atoms with van der Waals surface area (Å²) in [6.07, 6.45) is 3.70. The lowest BCUT2D eigenvalue weighted by atomic mass is 9.68. The molecule has 0 bridgehead atoms. The smallest absolute Gasteiger partial charge is 0.310 e. The normalized spacial score (nSPS) is 17.4. The van der Waals surface area contributed by atoms with E-state index in [9.17, 15) is 9.90 Å². The predicted octanol–water partition coefficient (Wildman–Crippen LogP) is 2.42. The molecule has 0 heterocycles. The summed E-state index contributed by atoms with van der Waals surface area (Å²) < 4.78 is 0. The zero-order valence-electron chi connectivity index (χ0n) is 10.9. The molecule has 0 atom stereocenters. The zero-order valence-corrected chi connectivity index (χ0v) is 10.9. The molecule has 1 fully saturated rings. The van der Waals surface area contributed by atoms with Crippen molar-refractivity contribution in [2.24, 2.45) is 5.41 Å². The molecule has 0 radical (unpaired) electrons. The Kier molecular flexibility index (Phi) is 4.02. The van der Waals surface area contributed by atoms with E-state index in [-0.39, 0.29) is 0 Å². The third-order valence-electron chi connectivity index (χ3n) is 3.96. The summed E-state index contributed by atoms with van der Waals surface area (Å²) in [4.78, 5) is 13.4.